The second-order valence-corrected chi connectivity index (χ2v) is 5.67. The van der Waals surface area contributed by atoms with Gasteiger partial charge in [0, 0.05) is 19.5 Å². The molecule has 0 rings (SSSR count). The predicted molar refractivity (Wildman–Crippen MR) is 86.4 cm³/mol. The number of aliphatic carboxylic acids is 1. The molecule has 0 aromatic carbocycles. The maximum Gasteiger partial charge on any atom is 0.451 e. The van der Waals surface area contributed by atoms with Crippen LogP contribution in [0.4, 0.5) is 0 Å². The van der Waals surface area contributed by atoms with Crippen LogP contribution in [0, 0.1) is 5.92 Å². The molecule has 0 radical (unpaired) electrons. The van der Waals surface area contributed by atoms with Crippen LogP contribution in [0.1, 0.15) is 26.2 Å². The fourth-order valence-corrected chi connectivity index (χ4v) is 2.23. The average molecular weight is 330 g/mol. The van der Waals surface area contributed by atoms with Gasteiger partial charge in [-0.25, -0.2) is 0 Å². The maximum atomic E-state index is 12.2. The SMILES string of the molecule is C=CCN(CC(CCCB(O)O)CC(=O)O)C(=O)[C@@H](N)[C@@H](C)O. The smallest absolute Gasteiger partial charge is 0.451 e. The summed E-state index contributed by atoms with van der Waals surface area (Å²) in [5, 5.41) is 36.1. The van der Waals surface area contributed by atoms with Gasteiger partial charge >= 0.3 is 13.1 Å². The Labute approximate surface area is 136 Å². The Morgan fingerprint density at radius 1 is 1.39 bits per heavy atom. The summed E-state index contributed by atoms with van der Waals surface area (Å²) >= 11 is 0. The van der Waals surface area contributed by atoms with Crippen molar-refractivity contribution >= 4 is 19.0 Å². The molecule has 0 saturated heterocycles. The Morgan fingerprint density at radius 3 is 2.43 bits per heavy atom. The minimum Gasteiger partial charge on any atom is -0.481 e. The zero-order chi connectivity index (χ0) is 18.0. The molecule has 0 spiro atoms. The summed E-state index contributed by atoms with van der Waals surface area (Å²) in [6, 6.07) is -1.08. The molecule has 132 valence electrons. The van der Waals surface area contributed by atoms with E-state index < -0.39 is 31.1 Å². The van der Waals surface area contributed by atoms with Gasteiger partial charge in [-0.15, -0.1) is 6.58 Å². The Morgan fingerprint density at radius 2 is 2.00 bits per heavy atom. The van der Waals surface area contributed by atoms with Gasteiger partial charge in [0.1, 0.15) is 6.04 Å². The molecular weight excluding hydrogens is 303 g/mol. The number of nitrogens with zero attached hydrogens (tertiary/aromatic N) is 1. The number of carbonyl (C=O) groups is 2. The van der Waals surface area contributed by atoms with Crippen molar-refractivity contribution in [1.29, 1.82) is 0 Å². The summed E-state index contributed by atoms with van der Waals surface area (Å²) in [5.74, 6) is -1.82. The monoisotopic (exact) mass is 330 g/mol. The topological polar surface area (TPSA) is 144 Å². The maximum absolute atomic E-state index is 12.2. The molecule has 23 heavy (non-hydrogen) atoms. The van der Waals surface area contributed by atoms with Crippen LogP contribution < -0.4 is 5.73 Å². The highest BCUT2D eigenvalue weighted by molar-refractivity contribution is 6.40. The minimum absolute atomic E-state index is 0.138. The van der Waals surface area contributed by atoms with E-state index in [0.717, 1.165) is 0 Å². The van der Waals surface area contributed by atoms with Gasteiger partial charge in [-0.2, -0.15) is 0 Å². The lowest BCUT2D eigenvalue weighted by atomic mass is 9.81. The fraction of sp³-hybridized carbons (Fsp3) is 0.714. The Kier molecular flexibility index (Phi) is 10.5. The molecule has 0 aliphatic carbocycles. The van der Waals surface area contributed by atoms with E-state index in [2.05, 4.69) is 6.58 Å². The van der Waals surface area contributed by atoms with Crippen molar-refractivity contribution in [3.63, 3.8) is 0 Å². The first-order chi connectivity index (χ1) is 10.7. The number of carbonyl (C=O) groups excluding carboxylic acids is 1. The van der Waals surface area contributed by atoms with Gasteiger partial charge in [0.2, 0.25) is 5.91 Å². The van der Waals surface area contributed by atoms with Crippen molar-refractivity contribution in [1.82, 2.24) is 4.90 Å². The summed E-state index contributed by atoms with van der Waals surface area (Å²) in [7, 11) is -1.44. The molecule has 0 aromatic rings. The van der Waals surface area contributed by atoms with Gasteiger partial charge in [0.15, 0.2) is 0 Å². The van der Waals surface area contributed by atoms with Crippen LogP contribution in [-0.2, 0) is 9.59 Å². The third kappa shape index (κ3) is 9.34. The van der Waals surface area contributed by atoms with Gasteiger partial charge in [-0.05, 0) is 25.6 Å². The molecule has 0 fully saturated rings. The summed E-state index contributed by atoms with van der Waals surface area (Å²) < 4.78 is 0. The summed E-state index contributed by atoms with van der Waals surface area (Å²) in [5.41, 5.74) is 5.65. The summed E-state index contributed by atoms with van der Waals surface area (Å²) in [6.45, 7) is 5.31. The van der Waals surface area contributed by atoms with Gasteiger partial charge in [-0.1, -0.05) is 12.5 Å². The van der Waals surface area contributed by atoms with Crippen molar-refractivity contribution < 1.29 is 29.9 Å². The Hall–Kier alpha value is -1.42. The van der Waals surface area contributed by atoms with Crippen molar-refractivity contribution in [2.75, 3.05) is 13.1 Å². The molecule has 8 nitrogen and oxygen atoms in total. The van der Waals surface area contributed by atoms with Crippen molar-refractivity contribution in [2.45, 2.75) is 44.7 Å². The lowest BCUT2D eigenvalue weighted by Crippen LogP contribution is -2.50. The van der Waals surface area contributed by atoms with Crippen LogP contribution in [0.2, 0.25) is 6.32 Å². The Bertz CT molecular complexity index is 391. The second kappa shape index (κ2) is 11.2. The third-order valence-electron chi connectivity index (χ3n) is 3.48. The first-order valence-electron chi connectivity index (χ1n) is 7.60. The second-order valence-electron chi connectivity index (χ2n) is 5.67. The van der Waals surface area contributed by atoms with Crippen LogP contribution in [0.15, 0.2) is 12.7 Å². The number of carboxylic acid groups (broad SMARTS) is 1. The normalized spacial score (nSPS) is 14.7. The van der Waals surface area contributed by atoms with Gasteiger partial charge in [-0.3, -0.25) is 9.59 Å². The first kappa shape index (κ1) is 21.6. The molecule has 0 aromatic heterocycles. The molecule has 1 unspecified atom stereocenters. The number of nitrogens with two attached hydrogens (primary N) is 1. The highest BCUT2D eigenvalue weighted by Gasteiger charge is 2.27. The largest absolute Gasteiger partial charge is 0.481 e. The van der Waals surface area contributed by atoms with Crippen LogP contribution in [0.25, 0.3) is 0 Å². The zero-order valence-electron chi connectivity index (χ0n) is 13.5. The van der Waals surface area contributed by atoms with E-state index in [1.54, 1.807) is 0 Å². The first-order valence-corrected chi connectivity index (χ1v) is 7.60. The van der Waals surface area contributed by atoms with Crippen LogP contribution in [0.5, 0.6) is 0 Å². The molecule has 0 saturated carbocycles. The van der Waals surface area contributed by atoms with Crippen molar-refractivity contribution in [3.05, 3.63) is 12.7 Å². The van der Waals surface area contributed by atoms with E-state index in [-0.39, 0.29) is 31.7 Å². The van der Waals surface area contributed by atoms with Gasteiger partial charge < -0.3 is 30.9 Å². The van der Waals surface area contributed by atoms with E-state index in [0.29, 0.717) is 12.8 Å². The predicted octanol–water partition coefficient (Wildman–Crippen LogP) is -0.947. The van der Waals surface area contributed by atoms with Crippen molar-refractivity contribution in [2.24, 2.45) is 11.7 Å². The molecule has 9 heteroatoms. The van der Waals surface area contributed by atoms with Gasteiger partial charge in [0.25, 0.3) is 0 Å². The Balaban J connectivity index is 4.86. The molecule has 0 aliphatic heterocycles. The van der Waals surface area contributed by atoms with Crippen LogP contribution >= 0.6 is 0 Å². The number of amides is 1. The molecular formula is C14H27BN2O6. The van der Waals surface area contributed by atoms with E-state index in [1.807, 2.05) is 0 Å². The summed E-state index contributed by atoms with van der Waals surface area (Å²) in [4.78, 5) is 24.6. The molecule has 0 heterocycles. The number of hydrogen-bond acceptors (Lipinski definition) is 6. The number of rotatable bonds is 12. The highest BCUT2D eigenvalue weighted by atomic mass is 16.4. The lowest BCUT2D eigenvalue weighted by molar-refractivity contribution is -0.140. The highest BCUT2D eigenvalue weighted by Crippen LogP contribution is 2.16. The fourth-order valence-electron chi connectivity index (χ4n) is 2.23. The molecule has 1 amide bonds. The van der Waals surface area contributed by atoms with E-state index >= 15 is 0 Å². The number of aliphatic hydroxyl groups is 1. The number of carboxylic acids is 1. The van der Waals surface area contributed by atoms with Crippen LogP contribution in [-0.4, -0.2) is 69.4 Å². The van der Waals surface area contributed by atoms with E-state index in [1.165, 1.54) is 17.9 Å². The third-order valence-corrected chi connectivity index (χ3v) is 3.48. The molecule has 6 N–H and O–H groups in total. The molecule has 0 bridgehead atoms. The van der Waals surface area contributed by atoms with Crippen LogP contribution in [0.3, 0.4) is 0 Å². The molecule has 0 aliphatic rings. The van der Waals surface area contributed by atoms with E-state index in [4.69, 9.17) is 20.9 Å². The van der Waals surface area contributed by atoms with Crippen molar-refractivity contribution in [3.8, 4) is 0 Å². The molecule has 3 atom stereocenters. The van der Waals surface area contributed by atoms with E-state index in [9.17, 15) is 14.7 Å². The quantitative estimate of drug-likeness (QED) is 0.229. The number of hydrogen-bond donors (Lipinski definition) is 5. The zero-order valence-corrected chi connectivity index (χ0v) is 13.5. The minimum atomic E-state index is -1.44. The number of aliphatic hydroxyl groups excluding tert-OH is 1. The average Bonchev–Trinajstić information content (AvgIpc) is 2.43. The standard InChI is InChI=1S/C14H27BN2O6/c1-3-7-17(14(21)13(16)10(2)18)9-11(8-12(19)20)5-4-6-15(22)23/h3,10-11,13,18,22-23H,1,4-9,16H2,2H3,(H,19,20)/t10-,11?,13+/m1/s1. The van der Waals surface area contributed by atoms with Gasteiger partial charge in [0.05, 0.1) is 6.10 Å². The lowest BCUT2D eigenvalue weighted by Gasteiger charge is -2.29. The summed E-state index contributed by atoms with van der Waals surface area (Å²) in [6.07, 6.45) is 1.33.